The molecular weight excluding hydrogens is 317 g/mol. The second kappa shape index (κ2) is 4.41. The highest BCUT2D eigenvalue weighted by molar-refractivity contribution is 9.10. The Morgan fingerprint density at radius 2 is 2.21 bits per heavy atom. The largest absolute Gasteiger partial charge is 0.476 e. The molecule has 1 heterocycles. The van der Waals surface area contributed by atoms with Gasteiger partial charge in [0.15, 0.2) is 5.69 Å². The first-order valence-electron chi connectivity index (χ1n) is 5.72. The van der Waals surface area contributed by atoms with Crippen molar-refractivity contribution in [3.63, 3.8) is 0 Å². The Balaban J connectivity index is 2.17. The van der Waals surface area contributed by atoms with Gasteiger partial charge in [-0.05, 0) is 31.0 Å². The van der Waals surface area contributed by atoms with Gasteiger partial charge in [-0.3, -0.25) is 0 Å². The zero-order valence-corrected chi connectivity index (χ0v) is 11.3. The number of nitrogens with zero attached hydrogens (tertiary/aromatic N) is 3. The molecule has 7 heteroatoms. The summed E-state index contributed by atoms with van der Waals surface area (Å²) < 4.78 is 15.9. The second-order valence-electron chi connectivity index (χ2n) is 4.41. The average Bonchev–Trinajstić information content (AvgIpc) is 3.08. The van der Waals surface area contributed by atoms with Crippen molar-refractivity contribution in [3.8, 4) is 5.69 Å². The summed E-state index contributed by atoms with van der Waals surface area (Å²) >= 11 is 3.18. The van der Waals surface area contributed by atoms with Gasteiger partial charge in [0.25, 0.3) is 0 Å². The van der Waals surface area contributed by atoms with Crippen LogP contribution in [0, 0.1) is 5.82 Å². The van der Waals surface area contributed by atoms with E-state index in [-0.39, 0.29) is 17.3 Å². The van der Waals surface area contributed by atoms with E-state index in [0.717, 1.165) is 12.8 Å². The summed E-state index contributed by atoms with van der Waals surface area (Å²) in [5, 5.41) is 16.5. The van der Waals surface area contributed by atoms with E-state index < -0.39 is 11.8 Å². The van der Waals surface area contributed by atoms with Crippen LogP contribution in [0.4, 0.5) is 4.39 Å². The number of aromatic carboxylic acids is 1. The van der Waals surface area contributed by atoms with Gasteiger partial charge in [-0.1, -0.05) is 21.1 Å². The Morgan fingerprint density at radius 1 is 1.47 bits per heavy atom. The van der Waals surface area contributed by atoms with Crippen molar-refractivity contribution in [2.24, 2.45) is 0 Å². The molecule has 0 spiro atoms. The number of aromatic nitrogens is 3. The molecule has 2 aromatic rings. The topological polar surface area (TPSA) is 68.0 Å². The first kappa shape index (κ1) is 12.3. The molecule has 0 radical (unpaired) electrons. The van der Waals surface area contributed by atoms with E-state index in [1.165, 1.54) is 10.7 Å². The van der Waals surface area contributed by atoms with Crippen LogP contribution in [0.2, 0.25) is 0 Å². The van der Waals surface area contributed by atoms with Crippen molar-refractivity contribution >= 4 is 21.9 Å². The van der Waals surface area contributed by atoms with Gasteiger partial charge in [0.1, 0.15) is 11.5 Å². The molecule has 1 fully saturated rings. The van der Waals surface area contributed by atoms with E-state index in [2.05, 4.69) is 26.2 Å². The molecule has 1 aliphatic rings. The number of halogens is 2. The average molecular weight is 326 g/mol. The lowest BCUT2D eigenvalue weighted by molar-refractivity contribution is 0.0689. The van der Waals surface area contributed by atoms with E-state index in [0.29, 0.717) is 10.2 Å². The summed E-state index contributed by atoms with van der Waals surface area (Å²) in [4.78, 5) is 11.1. The maximum Gasteiger partial charge on any atom is 0.358 e. The van der Waals surface area contributed by atoms with Crippen LogP contribution in [0.25, 0.3) is 5.69 Å². The lowest BCUT2D eigenvalue weighted by Crippen LogP contribution is -2.07. The normalized spacial score (nSPS) is 14.6. The zero-order chi connectivity index (χ0) is 13.6. The van der Waals surface area contributed by atoms with Gasteiger partial charge >= 0.3 is 5.97 Å². The molecule has 0 unspecified atom stereocenters. The predicted octanol–water partition coefficient (Wildman–Crippen LogP) is 2.74. The maximum absolute atomic E-state index is 13.9. The Labute approximate surface area is 116 Å². The van der Waals surface area contributed by atoms with Crippen molar-refractivity contribution in [1.29, 1.82) is 0 Å². The Morgan fingerprint density at radius 3 is 2.79 bits per heavy atom. The van der Waals surface area contributed by atoms with Crippen molar-refractivity contribution in [1.82, 2.24) is 15.0 Å². The Kier molecular flexibility index (Phi) is 2.85. The van der Waals surface area contributed by atoms with Crippen molar-refractivity contribution < 1.29 is 14.3 Å². The molecule has 0 amide bonds. The SMILES string of the molecule is O=C(O)c1nnn(-c2ccc(Br)cc2F)c1C1CC1. The molecule has 5 nitrogen and oxygen atoms in total. The number of hydrogen-bond acceptors (Lipinski definition) is 3. The Bertz CT molecular complexity index is 667. The highest BCUT2D eigenvalue weighted by atomic mass is 79.9. The summed E-state index contributed by atoms with van der Waals surface area (Å²) in [6.45, 7) is 0. The number of benzene rings is 1. The van der Waals surface area contributed by atoms with Crippen LogP contribution in [-0.4, -0.2) is 26.1 Å². The first-order valence-corrected chi connectivity index (χ1v) is 6.51. The third-order valence-electron chi connectivity index (χ3n) is 3.01. The van der Waals surface area contributed by atoms with Gasteiger partial charge in [0.05, 0.1) is 5.69 Å². The highest BCUT2D eigenvalue weighted by Crippen LogP contribution is 2.42. The van der Waals surface area contributed by atoms with Gasteiger partial charge in [0, 0.05) is 10.4 Å². The van der Waals surface area contributed by atoms with Crippen LogP contribution in [0.3, 0.4) is 0 Å². The number of rotatable bonds is 3. The molecule has 98 valence electrons. The first-order chi connectivity index (χ1) is 9.08. The molecule has 3 rings (SSSR count). The summed E-state index contributed by atoms with van der Waals surface area (Å²) in [6.07, 6.45) is 1.76. The van der Waals surface area contributed by atoms with E-state index >= 15 is 0 Å². The monoisotopic (exact) mass is 325 g/mol. The fraction of sp³-hybridized carbons (Fsp3) is 0.250. The van der Waals surface area contributed by atoms with Gasteiger partial charge in [-0.15, -0.1) is 5.10 Å². The third kappa shape index (κ3) is 2.14. The van der Waals surface area contributed by atoms with Crippen molar-refractivity contribution in [3.05, 3.63) is 39.9 Å². The lowest BCUT2D eigenvalue weighted by Gasteiger charge is -2.07. The van der Waals surface area contributed by atoms with E-state index in [9.17, 15) is 9.18 Å². The molecule has 1 N–H and O–H groups in total. The molecule has 1 aromatic carbocycles. The quantitative estimate of drug-likeness (QED) is 0.942. The van der Waals surface area contributed by atoms with Gasteiger partial charge in [0.2, 0.25) is 0 Å². The lowest BCUT2D eigenvalue weighted by atomic mass is 10.2. The summed E-state index contributed by atoms with van der Waals surface area (Å²) in [5.74, 6) is -1.51. The van der Waals surface area contributed by atoms with Crippen LogP contribution in [0.15, 0.2) is 22.7 Å². The Hall–Kier alpha value is -1.76. The van der Waals surface area contributed by atoms with Crippen LogP contribution >= 0.6 is 15.9 Å². The molecule has 0 saturated heterocycles. The minimum Gasteiger partial charge on any atom is -0.476 e. The number of carboxylic acid groups (broad SMARTS) is 1. The molecule has 1 aliphatic carbocycles. The molecule has 0 aliphatic heterocycles. The number of hydrogen-bond donors (Lipinski definition) is 1. The zero-order valence-electron chi connectivity index (χ0n) is 9.68. The van der Waals surface area contributed by atoms with Crippen LogP contribution < -0.4 is 0 Å². The van der Waals surface area contributed by atoms with E-state index in [4.69, 9.17) is 5.11 Å². The summed E-state index contributed by atoms with van der Waals surface area (Å²) in [7, 11) is 0. The van der Waals surface area contributed by atoms with Crippen molar-refractivity contribution in [2.75, 3.05) is 0 Å². The molecular formula is C12H9BrFN3O2. The molecule has 19 heavy (non-hydrogen) atoms. The number of carbonyl (C=O) groups is 1. The molecule has 1 aromatic heterocycles. The second-order valence-corrected chi connectivity index (χ2v) is 5.33. The highest BCUT2D eigenvalue weighted by Gasteiger charge is 2.34. The smallest absolute Gasteiger partial charge is 0.358 e. The molecule has 0 atom stereocenters. The fourth-order valence-corrected chi connectivity index (χ4v) is 2.33. The van der Waals surface area contributed by atoms with Crippen LogP contribution in [-0.2, 0) is 0 Å². The van der Waals surface area contributed by atoms with E-state index in [1.54, 1.807) is 12.1 Å². The predicted molar refractivity (Wildman–Crippen MR) is 68.0 cm³/mol. The standard InChI is InChI=1S/C12H9BrFN3O2/c13-7-3-4-9(8(14)5-7)17-11(6-1-2-6)10(12(18)19)15-16-17/h3-6H,1-2H2,(H,18,19). The summed E-state index contributed by atoms with van der Waals surface area (Å²) in [5.41, 5.74) is 0.601. The van der Waals surface area contributed by atoms with Crippen LogP contribution in [0.1, 0.15) is 34.9 Å². The third-order valence-corrected chi connectivity index (χ3v) is 3.50. The molecule has 0 bridgehead atoms. The van der Waals surface area contributed by atoms with Crippen LogP contribution in [0.5, 0.6) is 0 Å². The van der Waals surface area contributed by atoms with Crippen molar-refractivity contribution in [2.45, 2.75) is 18.8 Å². The molecule has 1 saturated carbocycles. The maximum atomic E-state index is 13.9. The van der Waals surface area contributed by atoms with Gasteiger partial charge in [-0.2, -0.15) is 0 Å². The minimum atomic E-state index is -1.13. The van der Waals surface area contributed by atoms with Gasteiger partial charge < -0.3 is 5.11 Å². The number of carboxylic acids is 1. The fourth-order valence-electron chi connectivity index (χ4n) is 2.00. The minimum absolute atomic E-state index is 0.0928. The van der Waals surface area contributed by atoms with E-state index in [1.807, 2.05) is 0 Å². The summed E-state index contributed by atoms with van der Waals surface area (Å²) in [6, 6.07) is 4.54. The van der Waals surface area contributed by atoms with Gasteiger partial charge in [-0.25, -0.2) is 13.9 Å².